The lowest BCUT2D eigenvalue weighted by Gasteiger charge is -2.30. The van der Waals surface area contributed by atoms with E-state index in [9.17, 15) is 4.79 Å². The molecule has 2 heterocycles. The summed E-state index contributed by atoms with van der Waals surface area (Å²) in [5.74, 6) is 0.831. The molecule has 0 aliphatic carbocycles. The van der Waals surface area contributed by atoms with Gasteiger partial charge in [-0.15, -0.1) is 11.3 Å². The third kappa shape index (κ3) is 4.00. The van der Waals surface area contributed by atoms with Gasteiger partial charge in [-0.25, -0.2) is 4.98 Å². The van der Waals surface area contributed by atoms with E-state index in [4.69, 9.17) is 9.72 Å². The molecule has 1 aliphatic heterocycles. The largest absolute Gasteiger partial charge is 0.496 e. The fraction of sp³-hybridized carbons (Fsp3) is 0.391. The first-order valence-corrected chi connectivity index (χ1v) is 10.9. The molecule has 6 heteroatoms. The summed E-state index contributed by atoms with van der Waals surface area (Å²) in [5.41, 5.74) is 2.03. The summed E-state index contributed by atoms with van der Waals surface area (Å²) in [5, 5.41) is 4.28. The molecule has 1 fully saturated rings. The third-order valence-corrected chi connectivity index (χ3v) is 6.87. The molecule has 1 amide bonds. The number of methoxy groups -OCH3 is 1. The number of nitrogens with one attached hydrogen (secondary N) is 1. The number of carbonyl (C=O) groups is 1. The lowest BCUT2D eigenvalue weighted by Crippen LogP contribution is -2.45. The van der Waals surface area contributed by atoms with Crippen molar-refractivity contribution in [3.8, 4) is 5.75 Å². The molecule has 0 radical (unpaired) electrons. The van der Waals surface area contributed by atoms with Gasteiger partial charge in [-0.3, -0.25) is 9.69 Å². The highest BCUT2D eigenvalue weighted by Crippen LogP contribution is 2.37. The highest BCUT2D eigenvalue weighted by Gasteiger charge is 2.35. The predicted octanol–water partition coefficient (Wildman–Crippen LogP) is 4.71. The van der Waals surface area contributed by atoms with Gasteiger partial charge in [-0.05, 0) is 51.4 Å². The van der Waals surface area contributed by atoms with E-state index in [0.29, 0.717) is 0 Å². The van der Waals surface area contributed by atoms with Gasteiger partial charge >= 0.3 is 0 Å². The topological polar surface area (TPSA) is 54.5 Å². The van der Waals surface area contributed by atoms with Crippen LogP contribution >= 0.6 is 11.3 Å². The zero-order chi connectivity index (χ0) is 20.4. The fourth-order valence-corrected chi connectivity index (χ4v) is 5.26. The zero-order valence-corrected chi connectivity index (χ0v) is 17.9. The molecular formula is C23H27N3O2S. The SMILES string of the molecule is COc1ccccc1C(C)NC(=O)C(C)N1CCCC1c1nc2ccccc2s1. The Labute approximate surface area is 175 Å². The van der Waals surface area contributed by atoms with Gasteiger partial charge in [0.25, 0.3) is 0 Å². The first kappa shape index (κ1) is 19.9. The Bertz CT molecular complexity index is 969. The second kappa shape index (κ2) is 8.51. The molecule has 3 aromatic rings. The average molecular weight is 410 g/mol. The third-order valence-electron chi connectivity index (χ3n) is 5.73. The zero-order valence-electron chi connectivity index (χ0n) is 17.1. The number of para-hydroxylation sites is 2. The summed E-state index contributed by atoms with van der Waals surface area (Å²) in [6.07, 6.45) is 2.12. The summed E-state index contributed by atoms with van der Waals surface area (Å²) in [4.78, 5) is 20.2. The van der Waals surface area contributed by atoms with Crippen LogP contribution in [0.15, 0.2) is 48.5 Å². The van der Waals surface area contributed by atoms with Crippen molar-refractivity contribution in [2.24, 2.45) is 0 Å². The molecule has 1 aromatic heterocycles. The molecule has 0 saturated carbocycles. The van der Waals surface area contributed by atoms with Crippen molar-refractivity contribution in [3.63, 3.8) is 0 Å². The van der Waals surface area contributed by atoms with Crippen LogP contribution < -0.4 is 10.1 Å². The van der Waals surface area contributed by atoms with Crippen molar-refractivity contribution in [2.45, 2.75) is 44.8 Å². The van der Waals surface area contributed by atoms with Crippen molar-refractivity contribution >= 4 is 27.5 Å². The monoisotopic (exact) mass is 409 g/mol. The number of thiazole rings is 1. The van der Waals surface area contributed by atoms with Gasteiger partial charge in [0, 0.05) is 5.56 Å². The maximum Gasteiger partial charge on any atom is 0.237 e. The number of ether oxygens (including phenoxy) is 1. The minimum atomic E-state index is -0.216. The summed E-state index contributed by atoms with van der Waals surface area (Å²) in [6.45, 7) is 4.91. The van der Waals surface area contributed by atoms with Gasteiger partial charge in [-0.1, -0.05) is 30.3 Å². The molecule has 3 atom stereocenters. The first-order chi connectivity index (χ1) is 14.1. The lowest BCUT2D eigenvalue weighted by atomic mass is 10.1. The molecule has 3 unspecified atom stereocenters. The quantitative estimate of drug-likeness (QED) is 0.641. The number of benzene rings is 2. The minimum Gasteiger partial charge on any atom is -0.496 e. The van der Waals surface area contributed by atoms with Crippen molar-refractivity contribution in [3.05, 3.63) is 59.1 Å². The molecule has 0 spiro atoms. The van der Waals surface area contributed by atoms with E-state index in [0.717, 1.165) is 41.2 Å². The van der Waals surface area contributed by atoms with E-state index in [1.165, 1.54) is 4.70 Å². The number of fused-ring (bicyclic) bond motifs is 1. The van der Waals surface area contributed by atoms with Crippen molar-refractivity contribution < 1.29 is 9.53 Å². The van der Waals surface area contributed by atoms with Crippen LogP contribution in [0, 0.1) is 0 Å². The number of carbonyl (C=O) groups excluding carboxylic acids is 1. The first-order valence-electron chi connectivity index (χ1n) is 10.1. The Morgan fingerprint density at radius 2 is 1.97 bits per heavy atom. The lowest BCUT2D eigenvalue weighted by molar-refractivity contribution is -0.126. The molecule has 1 N–H and O–H groups in total. The highest BCUT2D eigenvalue weighted by molar-refractivity contribution is 7.18. The molecule has 5 nitrogen and oxygen atoms in total. The van der Waals surface area contributed by atoms with Crippen LogP contribution in [0.2, 0.25) is 0 Å². The van der Waals surface area contributed by atoms with Crippen LogP contribution in [0.25, 0.3) is 10.2 Å². The Kier molecular flexibility index (Phi) is 5.83. The van der Waals surface area contributed by atoms with E-state index < -0.39 is 0 Å². The molecule has 29 heavy (non-hydrogen) atoms. The molecule has 152 valence electrons. The van der Waals surface area contributed by atoms with E-state index in [1.54, 1.807) is 18.4 Å². The Morgan fingerprint density at radius 3 is 2.76 bits per heavy atom. The predicted molar refractivity (Wildman–Crippen MR) is 117 cm³/mol. The number of hydrogen-bond acceptors (Lipinski definition) is 5. The molecule has 1 aliphatic rings. The van der Waals surface area contributed by atoms with Crippen LogP contribution in [-0.4, -0.2) is 35.5 Å². The van der Waals surface area contributed by atoms with Crippen molar-refractivity contribution in [1.29, 1.82) is 0 Å². The van der Waals surface area contributed by atoms with E-state index in [-0.39, 0.29) is 24.0 Å². The molecule has 4 rings (SSSR count). The summed E-state index contributed by atoms with van der Waals surface area (Å²) >= 11 is 1.74. The number of likely N-dealkylation sites (tertiary alicyclic amines) is 1. The Balaban J connectivity index is 1.48. The summed E-state index contributed by atoms with van der Waals surface area (Å²) in [6, 6.07) is 15.9. The van der Waals surface area contributed by atoms with Crippen molar-refractivity contribution in [2.75, 3.05) is 13.7 Å². The van der Waals surface area contributed by atoms with Crippen LogP contribution in [0.3, 0.4) is 0 Å². The molecule has 1 saturated heterocycles. The van der Waals surface area contributed by atoms with E-state index >= 15 is 0 Å². The normalized spacial score (nSPS) is 19.2. The van der Waals surface area contributed by atoms with Crippen LogP contribution in [0.1, 0.15) is 49.3 Å². The van der Waals surface area contributed by atoms with Gasteiger partial charge in [-0.2, -0.15) is 0 Å². The summed E-state index contributed by atoms with van der Waals surface area (Å²) in [7, 11) is 1.66. The average Bonchev–Trinajstić information content (AvgIpc) is 3.39. The minimum absolute atomic E-state index is 0.0383. The smallest absolute Gasteiger partial charge is 0.237 e. The van der Waals surface area contributed by atoms with Gasteiger partial charge in [0.15, 0.2) is 0 Å². The second-order valence-corrected chi connectivity index (χ2v) is 8.63. The molecule has 2 aromatic carbocycles. The fourth-order valence-electron chi connectivity index (χ4n) is 4.14. The molecule has 0 bridgehead atoms. The Morgan fingerprint density at radius 1 is 1.21 bits per heavy atom. The highest BCUT2D eigenvalue weighted by atomic mass is 32.1. The van der Waals surface area contributed by atoms with Crippen LogP contribution in [-0.2, 0) is 4.79 Å². The second-order valence-electron chi connectivity index (χ2n) is 7.56. The van der Waals surface area contributed by atoms with Crippen LogP contribution in [0.4, 0.5) is 0 Å². The molecular weight excluding hydrogens is 382 g/mol. The number of rotatable bonds is 6. The van der Waals surface area contributed by atoms with Crippen LogP contribution in [0.5, 0.6) is 5.75 Å². The maximum absolute atomic E-state index is 13.1. The van der Waals surface area contributed by atoms with Gasteiger partial charge in [0.05, 0.1) is 35.5 Å². The van der Waals surface area contributed by atoms with E-state index in [1.807, 2.05) is 50.2 Å². The number of aromatic nitrogens is 1. The number of hydrogen-bond donors (Lipinski definition) is 1. The van der Waals surface area contributed by atoms with E-state index in [2.05, 4.69) is 22.3 Å². The van der Waals surface area contributed by atoms with Gasteiger partial charge in [0.2, 0.25) is 5.91 Å². The number of nitrogens with zero attached hydrogens (tertiary/aromatic N) is 2. The van der Waals surface area contributed by atoms with Gasteiger partial charge < -0.3 is 10.1 Å². The maximum atomic E-state index is 13.1. The summed E-state index contributed by atoms with van der Waals surface area (Å²) < 4.78 is 6.65. The number of amides is 1. The standard InChI is InChI=1S/C23H27N3O2S/c1-15(17-9-4-6-12-20(17)28-3)24-22(27)16(2)26-14-8-11-19(26)23-25-18-10-5-7-13-21(18)29-23/h4-7,9-10,12-13,15-16,19H,8,11,14H2,1-3H3,(H,24,27). The van der Waals surface area contributed by atoms with Crippen molar-refractivity contribution in [1.82, 2.24) is 15.2 Å². The van der Waals surface area contributed by atoms with Gasteiger partial charge in [0.1, 0.15) is 10.8 Å². The Hall–Kier alpha value is -2.44.